The van der Waals surface area contributed by atoms with E-state index < -0.39 is 48.1 Å². The standard InChI is InChI=1S/C33H50O9/c1-17-8-11-33(40-15-17)18(2)26-25(42-33)13-22-20-7-6-19-12-24(41-28(37)27(36)32(5,16-34)29(38)39)23(35)14-31(19,4)21(20)9-10-30(22,26)3/h6,17-18,20-27,34-36H,7-16H2,1-5H3,(H,38,39)/t17-,18+,20-,21+,22+,23-,24-,25+,26+,27?,30+,31+,32?,33-/m1/s1. The van der Waals surface area contributed by atoms with Crippen LogP contribution in [0.3, 0.4) is 0 Å². The van der Waals surface area contributed by atoms with Gasteiger partial charge in [0.15, 0.2) is 11.9 Å². The molecule has 42 heavy (non-hydrogen) atoms. The molecular formula is C33H50O9. The molecule has 2 unspecified atom stereocenters. The van der Waals surface area contributed by atoms with E-state index in [4.69, 9.17) is 14.2 Å². The first-order valence-electron chi connectivity index (χ1n) is 16.1. The summed E-state index contributed by atoms with van der Waals surface area (Å²) in [4.78, 5) is 24.3. The largest absolute Gasteiger partial charge is 0.481 e. The van der Waals surface area contributed by atoms with Gasteiger partial charge in [-0.25, -0.2) is 4.79 Å². The zero-order valence-electron chi connectivity index (χ0n) is 25.8. The predicted molar refractivity (Wildman–Crippen MR) is 152 cm³/mol. The zero-order chi connectivity index (χ0) is 30.4. The summed E-state index contributed by atoms with van der Waals surface area (Å²) in [7, 11) is 0. The van der Waals surface area contributed by atoms with Crippen LogP contribution in [0.2, 0.25) is 0 Å². The van der Waals surface area contributed by atoms with E-state index >= 15 is 0 Å². The molecule has 0 aromatic carbocycles. The van der Waals surface area contributed by atoms with E-state index in [-0.39, 0.29) is 16.9 Å². The summed E-state index contributed by atoms with van der Waals surface area (Å²) >= 11 is 0. The third-order valence-electron chi connectivity index (χ3n) is 13.3. The molecule has 4 N–H and O–H groups in total. The Morgan fingerprint density at radius 3 is 2.57 bits per heavy atom. The topological polar surface area (TPSA) is 143 Å². The summed E-state index contributed by atoms with van der Waals surface area (Å²) in [6.45, 7) is 10.3. The summed E-state index contributed by atoms with van der Waals surface area (Å²) < 4.78 is 18.9. The molecule has 9 nitrogen and oxygen atoms in total. The Kier molecular flexibility index (Phi) is 7.45. The molecule has 5 fully saturated rings. The van der Waals surface area contributed by atoms with Crippen LogP contribution in [0.15, 0.2) is 11.6 Å². The summed E-state index contributed by atoms with van der Waals surface area (Å²) in [6.07, 6.45) is 5.82. The van der Waals surface area contributed by atoms with Gasteiger partial charge in [-0.1, -0.05) is 39.3 Å². The van der Waals surface area contributed by atoms with Crippen LogP contribution in [-0.2, 0) is 23.8 Å². The van der Waals surface area contributed by atoms with Gasteiger partial charge in [0.05, 0.1) is 25.4 Å². The van der Waals surface area contributed by atoms with Crippen LogP contribution in [0.1, 0.15) is 86.0 Å². The fourth-order valence-electron chi connectivity index (χ4n) is 10.6. The van der Waals surface area contributed by atoms with E-state index in [1.54, 1.807) is 0 Å². The van der Waals surface area contributed by atoms with E-state index in [2.05, 4.69) is 33.8 Å². The van der Waals surface area contributed by atoms with E-state index in [0.717, 1.165) is 52.1 Å². The normalized spacial score (nSPS) is 50.0. The molecular weight excluding hydrogens is 540 g/mol. The second kappa shape index (κ2) is 10.3. The van der Waals surface area contributed by atoms with Crippen molar-refractivity contribution in [3.8, 4) is 0 Å². The van der Waals surface area contributed by atoms with Crippen molar-refractivity contribution in [3.63, 3.8) is 0 Å². The lowest BCUT2D eigenvalue weighted by Crippen LogP contribution is -2.55. The van der Waals surface area contributed by atoms with Gasteiger partial charge in [-0.05, 0) is 85.9 Å². The maximum Gasteiger partial charge on any atom is 0.336 e. The second-order valence-electron chi connectivity index (χ2n) is 15.5. The first-order valence-corrected chi connectivity index (χ1v) is 16.1. The van der Waals surface area contributed by atoms with Crippen molar-refractivity contribution in [2.75, 3.05) is 13.2 Å². The third kappa shape index (κ3) is 4.27. The summed E-state index contributed by atoms with van der Waals surface area (Å²) in [5.74, 6) is -0.181. The monoisotopic (exact) mass is 590 g/mol. The summed E-state index contributed by atoms with van der Waals surface area (Å²) in [6, 6.07) is 0. The quantitative estimate of drug-likeness (QED) is 0.279. The first kappa shape index (κ1) is 30.5. The molecule has 1 spiro atoms. The number of hydrogen-bond acceptors (Lipinski definition) is 8. The minimum absolute atomic E-state index is 0.188. The third-order valence-corrected chi connectivity index (χ3v) is 13.3. The lowest BCUT2D eigenvalue weighted by molar-refractivity contribution is -0.272. The number of carboxylic acids is 1. The SMILES string of the molecule is C[C@@H]1CC[C@@]2(OC1)O[C@H]1C[C@H]3[C@@H]4CC=C5C[C@@H](OC(=O)C(O)C(C)(CO)C(=O)O)[C@H](O)C[C@]5(C)[C@H]4CC[C@]3(C)[C@H]1[C@@H]2C. The number of rotatable bonds is 5. The van der Waals surface area contributed by atoms with Gasteiger partial charge in [0.1, 0.15) is 11.5 Å². The number of fused-ring (bicyclic) bond motifs is 7. The lowest BCUT2D eigenvalue weighted by atomic mass is 9.46. The molecule has 3 saturated carbocycles. The Bertz CT molecular complexity index is 1130. The maximum atomic E-state index is 12.7. The number of aliphatic hydroxyl groups excluding tert-OH is 3. The van der Waals surface area contributed by atoms with Gasteiger partial charge in [0.25, 0.3) is 0 Å². The Hall–Kier alpha value is -1.52. The molecule has 14 atom stereocenters. The van der Waals surface area contributed by atoms with Crippen LogP contribution < -0.4 is 0 Å². The van der Waals surface area contributed by atoms with Crippen molar-refractivity contribution < 1.29 is 44.2 Å². The van der Waals surface area contributed by atoms with Gasteiger partial charge in [0, 0.05) is 18.8 Å². The molecule has 2 saturated heterocycles. The molecule has 9 heteroatoms. The maximum absolute atomic E-state index is 12.7. The van der Waals surface area contributed by atoms with E-state index in [1.807, 2.05) is 0 Å². The summed E-state index contributed by atoms with van der Waals surface area (Å²) in [5.41, 5.74) is -0.938. The minimum atomic E-state index is -2.08. The number of carboxylic acid groups (broad SMARTS) is 1. The Morgan fingerprint density at radius 1 is 1.19 bits per heavy atom. The molecule has 0 bridgehead atoms. The molecule has 0 aromatic heterocycles. The van der Waals surface area contributed by atoms with Crippen LogP contribution >= 0.6 is 0 Å². The molecule has 6 rings (SSSR count). The Labute approximate surface area is 249 Å². The van der Waals surface area contributed by atoms with Gasteiger partial charge >= 0.3 is 11.9 Å². The van der Waals surface area contributed by atoms with Crippen molar-refractivity contribution in [2.45, 2.75) is 116 Å². The van der Waals surface area contributed by atoms with Crippen LogP contribution in [0.5, 0.6) is 0 Å². The van der Waals surface area contributed by atoms with Crippen molar-refractivity contribution >= 4 is 11.9 Å². The lowest BCUT2D eigenvalue weighted by Gasteiger charge is -2.59. The fourth-order valence-corrected chi connectivity index (χ4v) is 10.6. The van der Waals surface area contributed by atoms with E-state index in [9.17, 15) is 30.0 Å². The van der Waals surface area contributed by atoms with Gasteiger partial charge in [-0.3, -0.25) is 4.79 Å². The molecule has 2 heterocycles. The molecule has 4 aliphatic carbocycles. The van der Waals surface area contributed by atoms with Crippen molar-refractivity contribution in [2.24, 2.45) is 51.8 Å². The molecule has 0 aromatic rings. The number of aliphatic hydroxyl groups is 3. The number of aliphatic carboxylic acids is 1. The molecule has 0 radical (unpaired) electrons. The number of carbonyl (C=O) groups excluding carboxylic acids is 1. The first-order chi connectivity index (χ1) is 19.7. The Morgan fingerprint density at radius 2 is 1.93 bits per heavy atom. The van der Waals surface area contributed by atoms with Gasteiger partial charge < -0.3 is 34.6 Å². The number of carbonyl (C=O) groups is 2. The van der Waals surface area contributed by atoms with Crippen LogP contribution in [0.4, 0.5) is 0 Å². The number of hydrogen-bond donors (Lipinski definition) is 4. The highest BCUT2D eigenvalue weighted by Gasteiger charge is 2.69. The minimum Gasteiger partial charge on any atom is -0.481 e. The second-order valence-corrected chi connectivity index (χ2v) is 15.5. The highest BCUT2D eigenvalue weighted by molar-refractivity contribution is 5.85. The number of ether oxygens (including phenoxy) is 3. The van der Waals surface area contributed by atoms with Gasteiger partial charge in [0.2, 0.25) is 0 Å². The number of esters is 1. The Balaban J connectivity index is 1.18. The fraction of sp³-hybridized carbons (Fsp3) is 0.879. The van der Waals surface area contributed by atoms with Crippen LogP contribution in [-0.4, -0.2) is 75.8 Å². The van der Waals surface area contributed by atoms with E-state index in [0.29, 0.717) is 48.3 Å². The highest BCUT2D eigenvalue weighted by atomic mass is 16.7. The smallest absolute Gasteiger partial charge is 0.336 e. The molecule has 2 aliphatic heterocycles. The van der Waals surface area contributed by atoms with Crippen LogP contribution in [0, 0.1) is 51.8 Å². The van der Waals surface area contributed by atoms with E-state index in [1.165, 1.54) is 5.57 Å². The van der Waals surface area contributed by atoms with Crippen molar-refractivity contribution in [1.29, 1.82) is 0 Å². The summed E-state index contributed by atoms with van der Waals surface area (Å²) in [5, 5.41) is 40.6. The zero-order valence-corrected chi connectivity index (χ0v) is 25.8. The number of allylic oxidation sites excluding steroid dienone is 1. The molecule has 236 valence electrons. The predicted octanol–water partition coefficient (Wildman–Crippen LogP) is 3.68. The molecule has 0 amide bonds. The van der Waals surface area contributed by atoms with Crippen molar-refractivity contribution in [3.05, 3.63) is 11.6 Å². The van der Waals surface area contributed by atoms with Gasteiger partial charge in [-0.2, -0.15) is 0 Å². The van der Waals surface area contributed by atoms with Crippen LogP contribution in [0.25, 0.3) is 0 Å². The van der Waals surface area contributed by atoms with Gasteiger partial charge in [-0.15, -0.1) is 0 Å². The molecule has 6 aliphatic rings. The highest BCUT2D eigenvalue weighted by Crippen LogP contribution is 2.70. The van der Waals surface area contributed by atoms with Crippen molar-refractivity contribution in [1.82, 2.24) is 0 Å². The average Bonchev–Trinajstić information content (AvgIpc) is 3.39. The average molecular weight is 591 g/mol.